The lowest BCUT2D eigenvalue weighted by Gasteiger charge is -2.24. The lowest BCUT2D eigenvalue weighted by molar-refractivity contribution is -0.870. The van der Waals surface area contributed by atoms with E-state index in [0.29, 0.717) is 17.4 Å². The molecule has 0 bridgehead atoms. The number of carbonyl (C=O) groups is 2. The molecule has 2 unspecified atom stereocenters. The third-order valence-corrected chi connectivity index (χ3v) is 13.1. The molecule has 9 nitrogen and oxygen atoms in total. The van der Waals surface area contributed by atoms with E-state index in [-0.39, 0.29) is 32.0 Å². The van der Waals surface area contributed by atoms with Gasteiger partial charge in [-0.3, -0.25) is 18.6 Å². The first-order chi connectivity index (χ1) is 35.0. The van der Waals surface area contributed by atoms with E-state index in [2.05, 4.69) is 111 Å². The molecule has 0 aliphatic carbocycles. The maximum absolute atomic E-state index is 12.8. The third-order valence-electron chi connectivity index (χ3n) is 12.1. The van der Waals surface area contributed by atoms with Crippen LogP contribution in [0, 0.1) is 0 Å². The van der Waals surface area contributed by atoms with Crippen molar-refractivity contribution >= 4 is 19.8 Å². The van der Waals surface area contributed by atoms with Gasteiger partial charge in [0.15, 0.2) is 6.10 Å². The molecule has 414 valence electrons. The second kappa shape index (κ2) is 52.8. The number of rotatable bonds is 52. The van der Waals surface area contributed by atoms with Crippen molar-refractivity contribution in [3.8, 4) is 0 Å². The molecule has 0 aromatic heterocycles. The van der Waals surface area contributed by atoms with Crippen LogP contribution in [0.3, 0.4) is 0 Å². The quantitative estimate of drug-likeness (QED) is 0.0211. The Hall–Kier alpha value is -3.07. The number of unbranched alkanes of at least 4 members (excludes halogenated alkanes) is 22. The number of hydrogen-bond acceptors (Lipinski definition) is 7. The van der Waals surface area contributed by atoms with Crippen LogP contribution in [-0.4, -0.2) is 74.9 Å². The molecule has 0 rings (SSSR count). The van der Waals surface area contributed by atoms with E-state index in [0.717, 1.165) is 109 Å². The van der Waals surface area contributed by atoms with Gasteiger partial charge in [0.25, 0.3) is 0 Å². The van der Waals surface area contributed by atoms with Gasteiger partial charge in [-0.05, 0) is 89.9 Å². The van der Waals surface area contributed by atoms with Crippen LogP contribution in [0.2, 0.25) is 0 Å². The lowest BCUT2D eigenvalue weighted by Crippen LogP contribution is -2.37. The fourth-order valence-electron chi connectivity index (χ4n) is 7.62. The highest BCUT2D eigenvalue weighted by atomic mass is 31.2. The highest BCUT2D eigenvalue weighted by Crippen LogP contribution is 2.43. The van der Waals surface area contributed by atoms with Crippen LogP contribution in [0.5, 0.6) is 0 Å². The largest absolute Gasteiger partial charge is 0.472 e. The molecule has 0 saturated heterocycles. The summed E-state index contributed by atoms with van der Waals surface area (Å²) in [4.78, 5) is 35.5. The molecular weight excluding hydrogens is 918 g/mol. The van der Waals surface area contributed by atoms with Gasteiger partial charge in [-0.25, -0.2) is 4.57 Å². The molecule has 0 amide bonds. The molecule has 2 atom stereocenters. The molecule has 0 aromatic carbocycles. The minimum Gasteiger partial charge on any atom is -0.462 e. The maximum Gasteiger partial charge on any atom is 0.472 e. The summed E-state index contributed by atoms with van der Waals surface area (Å²) in [5.41, 5.74) is 0. The second-order valence-corrected chi connectivity index (χ2v) is 21.7. The predicted molar refractivity (Wildman–Crippen MR) is 307 cm³/mol. The lowest BCUT2D eigenvalue weighted by atomic mass is 10.0. The molecule has 0 heterocycles. The molecule has 0 saturated carbocycles. The van der Waals surface area contributed by atoms with E-state index in [1.807, 2.05) is 21.1 Å². The average Bonchev–Trinajstić information content (AvgIpc) is 3.34. The minimum absolute atomic E-state index is 0.0278. The highest BCUT2D eigenvalue weighted by Gasteiger charge is 2.27. The van der Waals surface area contributed by atoms with E-state index in [4.69, 9.17) is 18.5 Å². The summed E-state index contributed by atoms with van der Waals surface area (Å²) in [5.74, 6) is -0.810. The second-order valence-electron chi connectivity index (χ2n) is 20.3. The SMILES string of the molecule is CC/C=C\C/C=C\C/C=C\C/C=C\C/C=C\C/C=C\C/C=C\CCCCCCCCCCCCCCCCCC(=O)OC(COC(=O)CCCCCCC/C=C\CCCC)COP(=O)(O)OCC[N+](C)(C)C. The summed E-state index contributed by atoms with van der Waals surface area (Å²) in [6, 6.07) is 0. The van der Waals surface area contributed by atoms with Crippen molar-refractivity contribution in [2.75, 3.05) is 47.5 Å². The fourth-order valence-corrected chi connectivity index (χ4v) is 8.37. The first-order valence-electron chi connectivity index (χ1n) is 29.0. The van der Waals surface area contributed by atoms with E-state index in [1.54, 1.807) is 0 Å². The molecule has 0 spiro atoms. The number of carbonyl (C=O) groups excluding carboxylic acids is 2. The Morgan fingerprint density at radius 3 is 1.19 bits per heavy atom. The van der Waals surface area contributed by atoms with E-state index in [9.17, 15) is 19.0 Å². The monoisotopic (exact) mass is 1030 g/mol. The van der Waals surface area contributed by atoms with Crippen molar-refractivity contribution in [2.24, 2.45) is 0 Å². The third kappa shape index (κ3) is 56.2. The van der Waals surface area contributed by atoms with Gasteiger partial charge in [-0.15, -0.1) is 0 Å². The molecule has 0 aliphatic rings. The number of phosphoric acid groups is 1. The summed E-state index contributed by atoms with van der Waals surface area (Å²) in [6.07, 6.45) is 72.1. The van der Waals surface area contributed by atoms with Gasteiger partial charge in [0.2, 0.25) is 0 Å². The Morgan fingerprint density at radius 1 is 0.444 bits per heavy atom. The normalized spacial score (nSPS) is 14.0. The van der Waals surface area contributed by atoms with Gasteiger partial charge < -0.3 is 18.9 Å². The van der Waals surface area contributed by atoms with Crippen molar-refractivity contribution in [3.05, 3.63) is 97.2 Å². The van der Waals surface area contributed by atoms with Crippen LogP contribution in [0.1, 0.15) is 232 Å². The number of quaternary nitrogens is 1. The van der Waals surface area contributed by atoms with Crippen molar-refractivity contribution in [2.45, 2.75) is 238 Å². The van der Waals surface area contributed by atoms with Crippen molar-refractivity contribution in [3.63, 3.8) is 0 Å². The number of esters is 2. The number of phosphoric ester groups is 1. The number of ether oxygens (including phenoxy) is 2. The zero-order chi connectivity index (χ0) is 52.7. The molecule has 1 N–H and O–H groups in total. The van der Waals surface area contributed by atoms with Crippen molar-refractivity contribution in [1.82, 2.24) is 0 Å². The summed E-state index contributed by atoms with van der Waals surface area (Å²) in [5, 5.41) is 0. The minimum atomic E-state index is -4.38. The smallest absolute Gasteiger partial charge is 0.462 e. The zero-order valence-electron chi connectivity index (χ0n) is 46.9. The molecule has 0 aliphatic heterocycles. The summed E-state index contributed by atoms with van der Waals surface area (Å²) in [7, 11) is 1.47. The van der Waals surface area contributed by atoms with Crippen molar-refractivity contribution in [1.29, 1.82) is 0 Å². The van der Waals surface area contributed by atoms with Gasteiger partial charge in [-0.1, -0.05) is 227 Å². The van der Waals surface area contributed by atoms with Crippen molar-refractivity contribution < 1.29 is 42.1 Å². The fraction of sp³-hybridized carbons (Fsp3) is 0.710. The topological polar surface area (TPSA) is 108 Å². The molecular formula is C62H109NO8P+. The molecule has 0 aromatic rings. The Kier molecular flexibility index (Phi) is 50.5. The Bertz CT molecular complexity index is 1540. The zero-order valence-corrected chi connectivity index (χ0v) is 47.8. The van der Waals surface area contributed by atoms with Gasteiger partial charge >= 0.3 is 19.8 Å². The molecule has 72 heavy (non-hydrogen) atoms. The Morgan fingerprint density at radius 2 is 0.792 bits per heavy atom. The van der Waals surface area contributed by atoms with Gasteiger partial charge in [0, 0.05) is 12.8 Å². The van der Waals surface area contributed by atoms with E-state index >= 15 is 0 Å². The van der Waals surface area contributed by atoms with Gasteiger partial charge in [0.1, 0.15) is 19.8 Å². The van der Waals surface area contributed by atoms with Crippen LogP contribution in [0.15, 0.2) is 97.2 Å². The maximum atomic E-state index is 12.8. The Labute approximate surface area is 443 Å². The summed E-state index contributed by atoms with van der Waals surface area (Å²) >= 11 is 0. The summed E-state index contributed by atoms with van der Waals surface area (Å²) < 4.78 is 34.4. The van der Waals surface area contributed by atoms with Gasteiger partial charge in [-0.2, -0.15) is 0 Å². The molecule has 0 radical (unpaired) electrons. The van der Waals surface area contributed by atoms with Crippen LogP contribution in [0.4, 0.5) is 0 Å². The highest BCUT2D eigenvalue weighted by molar-refractivity contribution is 7.47. The molecule has 10 heteroatoms. The van der Waals surface area contributed by atoms with Crippen LogP contribution >= 0.6 is 7.82 Å². The van der Waals surface area contributed by atoms with E-state index in [1.165, 1.54) is 89.9 Å². The first kappa shape index (κ1) is 68.9. The predicted octanol–water partition coefficient (Wildman–Crippen LogP) is 18.0. The average molecular weight is 1030 g/mol. The Balaban J connectivity index is 4.00. The number of hydrogen-bond donors (Lipinski definition) is 1. The van der Waals surface area contributed by atoms with E-state index < -0.39 is 26.5 Å². The standard InChI is InChI=1S/C62H108NO8P/c1-6-8-10-12-14-16-18-19-20-21-22-23-24-25-26-27-28-29-30-31-32-33-34-35-36-37-38-39-40-41-42-43-45-47-49-51-53-55-62(65)71-60(59-70-72(66,67)69-57-56-63(3,4)5)58-68-61(64)54-52-50-48-46-44-17-15-13-11-9-7-2/h8,10,13-16,19-20,22-23,25-26,28-29,31-32,60H,6-7,9,11-12,17-18,21,24,27,30,33-59H2,1-5H3/p+1/b10-8-,15-13-,16-14-,20-19-,23-22-,26-25-,29-28-,32-31-. The van der Waals surface area contributed by atoms with Crippen LogP contribution in [0.25, 0.3) is 0 Å². The van der Waals surface area contributed by atoms with Crippen LogP contribution < -0.4 is 0 Å². The number of allylic oxidation sites excluding steroid dienone is 16. The van der Waals surface area contributed by atoms with Crippen LogP contribution in [-0.2, 0) is 32.7 Å². The number of nitrogens with zero attached hydrogens (tertiary/aromatic N) is 1. The number of likely N-dealkylation sites (N-methyl/N-ethyl adjacent to an activating group) is 1. The van der Waals surface area contributed by atoms with Gasteiger partial charge in [0.05, 0.1) is 27.7 Å². The molecule has 0 fully saturated rings. The first-order valence-corrected chi connectivity index (χ1v) is 30.5. The summed E-state index contributed by atoms with van der Waals surface area (Å²) in [6.45, 7) is 4.26.